The molecule has 12 heterocycles. The lowest BCUT2D eigenvalue weighted by Crippen LogP contribution is -2.35. The smallest absolute Gasteiger partial charge is 0.405 e. The van der Waals surface area contributed by atoms with Gasteiger partial charge in [-0.25, -0.2) is 0 Å². The number of halogens is 2. The summed E-state index contributed by atoms with van der Waals surface area (Å²) in [6.07, 6.45) is 51.3. The molecule has 18 heteroatoms. The Hall–Kier alpha value is -5.19. The fourth-order valence-electron chi connectivity index (χ4n) is 21.7. The second-order valence-electron chi connectivity index (χ2n) is 39.1. The lowest BCUT2D eigenvalue weighted by atomic mass is 9.67. The average Bonchev–Trinajstić information content (AvgIpc) is 1.60. The Morgan fingerprint density at radius 3 is 0.829 bits per heavy atom. The maximum absolute atomic E-state index is 5.90. The zero-order chi connectivity index (χ0) is 95.8. The van der Waals surface area contributed by atoms with Crippen LogP contribution in [0.1, 0.15) is 356 Å². The maximum Gasteiger partial charge on any atom is 0.494 e. The SMILES string of the molecule is C.C.CCCCCCC1(CCCCCC)c2cc(B3OCCO3)ccc2-c2ccc(B3OCCO3)cc21.CCCCCCc1c(-c2ccc(-c3ccc(Br)s3)s2)sc(-c2ccc(-c3ccc(Br)s3)s2)c1CCCCCC.CCCCCCc1c(-c2ccc(-c3ccc(C)s3)s2)sc(-c2ccc(-c3ccc(-c4ccc5c(c4)C(CCCCCC)(CCCCCC)c4cc(C)ccc4-5)s3)s2)c1CCCCCC. The summed E-state index contributed by atoms with van der Waals surface area (Å²) in [5.41, 5.74) is 23.7. The van der Waals surface area contributed by atoms with Crippen molar-refractivity contribution in [3.8, 4) is 111 Å². The molecule has 4 nitrogen and oxygen atoms in total. The summed E-state index contributed by atoms with van der Waals surface area (Å²) in [6.45, 7) is 25.8. The molecule has 2 saturated heterocycles. The molecule has 14 aromatic rings. The molecule has 0 radical (unpaired) electrons. The third-order valence-corrected chi connectivity index (χ3v) is 42.7. The Kier molecular flexibility index (Phi) is 43.5. The molecule has 0 atom stereocenters. The molecule has 0 bridgehead atoms. The van der Waals surface area contributed by atoms with E-state index >= 15 is 0 Å². The highest BCUT2D eigenvalue weighted by molar-refractivity contribution is 9.11. The van der Waals surface area contributed by atoms with Gasteiger partial charge >= 0.3 is 14.2 Å². The lowest BCUT2D eigenvalue weighted by molar-refractivity contribution is 0.365. The topological polar surface area (TPSA) is 36.9 Å². The predicted octanol–water partition coefficient (Wildman–Crippen LogP) is 42.5. The van der Waals surface area contributed by atoms with E-state index in [4.69, 9.17) is 18.6 Å². The van der Waals surface area contributed by atoms with E-state index in [1.165, 1.54) is 397 Å². The molecule has 2 fully saturated rings. The predicted molar refractivity (Wildman–Crippen MR) is 639 cm³/mol. The highest BCUT2D eigenvalue weighted by atomic mass is 79.9. The third kappa shape index (κ3) is 26.9. The first-order valence-electron chi connectivity index (χ1n) is 53.1. The second kappa shape index (κ2) is 55.2. The minimum absolute atomic E-state index is 0. The van der Waals surface area contributed by atoms with Crippen molar-refractivity contribution in [3.63, 3.8) is 0 Å². The van der Waals surface area contributed by atoms with Gasteiger partial charge in [-0.3, -0.25) is 0 Å². The summed E-state index contributed by atoms with van der Waals surface area (Å²) in [6, 6.07) is 66.1. The average molecular weight is 2190 g/mol. The van der Waals surface area contributed by atoms with Crippen molar-refractivity contribution in [2.45, 2.75) is 352 Å². The number of unbranched alkanes of at least 4 members (excludes halogenated alkanes) is 24. The second-order valence-corrected chi connectivity index (χ2v) is 52.8. The van der Waals surface area contributed by atoms with Crippen molar-refractivity contribution in [3.05, 3.63) is 232 Å². The van der Waals surface area contributed by atoms with Crippen LogP contribution >= 0.6 is 145 Å². The lowest BCUT2D eigenvalue weighted by Gasteiger charge is -2.33. The van der Waals surface area contributed by atoms with Crippen LogP contribution in [-0.4, -0.2) is 40.7 Å². The van der Waals surface area contributed by atoms with Gasteiger partial charge in [-0.05, 0) is 309 Å². The van der Waals surface area contributed by atoms with E-state index in [-0.39, 0.29) is 39.9 Å². The van der Waals surface area contributed by atoms with Gasteiger partial charge in [-0.15, -0.1) is 113 Å². The van der Waals surface area contributed by atoms with Crippen molar-refractivity contribution in [1.29, 1.82) is 0 Å². The van der Waals surface area contributed by atoms with Gasteiger partial charge in [0.2, 0.25) is 0 Å². The molecule has 0 unspecified atom stereocenters. The Labute approximate surface area is 901 Å². The molecule has 0 amide bonds. The number of rotatable bonds is 51. The fraction of sp³-hybridized carbons (Fsp3) is 0.475. The van der Waals surface area contributed by atoms with Crippen molar-refractivity contribution in [2.24, 2.45) is 0 Å². The van der Waals surface area contributed by atoms with Gasteiger partial charge in [0.05, 0.1) is 34.0 Å². The van der Waals surface area contributed by atoms with E-state index in [0.29, 0.717) is 26.4 Å². The molecular formula is C122H154B2Br2O4S10. The summed E-state index contributed by atoms with van der Waals surface area (Å²) in [5, 5.41) is 0. The largest absolute Gasteiger partial charge is 0.494 e. The van der Waals surface area contributed by atoms with Gasteiger partial charge in [0.1, 0.15) is 0 Å². The summed E-state index contributed by atoms with van der Waals surface area (Å²) in [4.78, 5) is 25.7. The third-order valence-electron chi connectivity index (χ3n) is 29.0. The highest BCUT2D eigenvalue weighted by Gasteiger charge is 2.46. The molecule has 4 aromatic carbocycles. The molecule has 0 spiro atoms. The van der Waals surface area contributed by atoms with Gasteiger partial charge in [0.15, 0.2) is 0 Å². The normalized spacial score (nSPS) is 13.7. The number of fused-ring (bicyclic) bond motifs is 6. The quantitative estimate of drug-likeness (QED) is 0.0281. The van der Waals surface area contributed by atoms with Gasteiger partial charge in [-0.1, -0.05) is 322 Å². The molecular weight excluding hydrogens is 2030 g/mol. The van der Waals surface area contributed by atoms with Crippen LogP contribution in [-0.2, 0) is 55.1 Å². The van der Waals surface area contributed by atoms with Crippen LogP contribution in [0.3, 0.4) is 0 Å². The van der Waals surface area contributed by atoms with Crippen LogP contribution in [0.2, 0.25) is 0 Å². The number of hydrogen-bond acceptors (Lipinski definition) is 14. The van der Waals surface area contributed by atoms with E-state index in [0.717, 1.165) is 10.9 Å². The van der Waals surface area contributed by atoms with Gasteiger partial charge in [0, 0.05) is 98.6 Å². The summed E-state index contributed by atoms with van der Waals surface area (Å²) in [7, 11) is -0.476. The highest BCUT2D eigenvalue weighted by Crippen LogP contribution is 2.59. The first-order chi connectivity index (χ1) is 67.7. The maximum atomic E-state index is 5.90. The van der Waals surface area contributed by atoms with Crippen molar-refractivity contribution in [1.82, 2.24) is 0 Å². The van der Waals surface area contributed by atoms with Crippen molar-refractivity contribution < 1.29 is 18.6 Å². The van der Waals surface area contributed by atoms with Crippen molar-refractivity contribution in [2.75, 3.05) is 26.4 Å². The number of thiophene rings is 10. The molecule has 4 aliphatic rings. The van der Waals surface area contributed by atoms with Gasteiger partial charge in [-0.2, -0.15) is 0 Å². The van der Waals surface area contributed by atoms with E-state index in [1.807, 2.05) is 90.7 Å². The molecule has 2 aliphatic heterocycles. The molecule has 0 saturated carbocycles. The number of aryl methyl sites for hydroxylation is 2. The molecule has 10 aromatic heterocycles. The molecule has 140 heavy (non-hydrogen) atoms. The summed E-state index contributed by atoms with van der Waals surface area (Å²) < 4.78 is 26.0. The van der Waals surface area contributed by atoms with Crippen molar-refractivity contribution >= 4 is 170 Å². The van der Waals surface area contributed by atoms with Crippen LogP contribution in [0.4, 0.5) is 0 Å². The van der Waals surface area contributed by atoms with Crippen LogP contribution < -0.4 is 10.9 Å². The Morgan fingerprint density at radius 2 is 0.514 bits per heavy atom. The first-order valence-corrected chi connectivity index (χ1v) is 62.9. The van der Waals surface area contributed by atoms with E-state index in [1.54, 1.807) is 33.4 Å². The molecule has 18 rings (SSSR count). The molecule has 2 aliphatic carbocycles. The zero-order valence-corrected chi connectivity index (χ0v) is 95.2. The molecule has 0 N–H and O–H groups in total. The summed E-state index contributed by atoms with van der Waals surface area (Å²) >= 11 is 27.0. The van der Waals surface area contributed by atoms with Crippen LogP contribution in [0.25, 0.3) is 111 Å². The van der Waals surface area contributed by atoms with E-state index in [2.05, 4.69) is 294 Å². The number of benzene rings is 4. The Balaban J connectivity index is 0.000000177. The Bertz CT molecular complexity index is 5950. The Morgan fingerprint density at radius 1 is 0.250 bits per heavy atom. The standard InChI is InChI=1S/C59H72S5.C32H34Br2S5.C29H40B2O4.2CH4/c1-7-11-15-19-23-46-47(24-20-16-12-8-2)58(64-57(46)55-35-33-52(62-55)51-30-26-42(6)60-51)56-36-34-54(63-56)53-32-31-50(61-53)43-27-29-45-44-28-25-41(5)39-48(44)59(49(45)40-43,37-21-17-13-9-3)38-22-18-14-10-4;1-3-5-7-9-11-21-22(12-10-8-6-4-2)32(28-16-14-24(36-28)26-18-20-30(34)38-26)39-31(21)27-15-13-23(35-27)25-17-19-29(33)37-25;1-3-5-7-9-15-29(16-10-8-6-4-2)27-21-23(30-32-17-18-33-30)11-13-25(27)26-14-12-24(22-28(26)29)31-34-19-20-35-31;;/h25-36,39-40H,7-24,37-38H2,1-6H3;13-20H,3-12H2,1-2H3;11-14,21-22H,3-10,15-20H2,1-2H3;2*1H4. The monoisotopic (exact) mass is 2180 g/mol. The van der Waals surface area contributed by atoms with Gasteiger partial charge < -0.3 is 18.6 Å². The number of hydrogen-bond donors (Lipinski definition) is 0. The fourth-order valence-corrected chi connectivity index (χ4v) is 34.0. The minimum atomic E-state index is -0.238. The molecule has 746 valence electrons. The summed E-state index contributed by atoms with van der Waals surface area (Å²) in [5.74, 6) is 0. The van der Waals surface area contributed by atoms with Crippen LogP contribution in [0, 0.1) is 13.8 Å². The van der Waals surface area contributed by atoms with Gasteiger partial charge in [0.25, 0.3) is 0 Å². The van der Waals surface area contributed by atoms with Crippen LogP contribution in [0.5, 0.6) is 0 Å². The van der Waals surface area contributed by atoms with E-state index < -0.39 is 0 Å². The van der Waals surface area contributed by atoms with Crippen LogP contribution in [0.15, 0.2) is 177 Å². The minimum Gasteiger partial charge on any atom is -0.405 e. The first kappa shape index (κ1) is 110. The zero-order valence-electron chi connectivity index (χ0n) is 83.9. The van der Waals surface area contributed by atoms with E-state index in [9.17, 15) is 0 Å².